The minimum atomic E-state index is 0.711. The summed E-state index contributed by atoms with van der Waals surface area (Å²) in [5, 5.41) is 9.34. The second kappa shape index (κ2) is 5.98. The van der Waals surface area contributed by atoms with Crippen molar-refractivity contribution in [2.75, 3.05) is 11.6 Å². The van der Waals surface area contributed by atoms with Gasteiger partial charge in [0.15, 0.2) is 0 Å². The highest BCUT2D eigenvalue weighted by atomic mass is 35.5. The number of rotatable bonds is 5. The van der Waals surface area contributed by atoms with Crippen molar-refractivity contribution in [3.63, 3.8) is 0 Å². The molecule has 0 bridgehead atoms. The molecular weight excluding hydrogens is 266 g/mol. The number of aromatic nitrogens is 1. The van der Waals surface area contributed by atoms with Crippen molar-refractivity contribution in [1.82, 2.24) is 4.98 Å². The molecule has 2 aromatic rings. The van der Waals surface area contributed by atoms with Gasteiger partial charge in [-0.15, -0.1) is 11.3 Å². The molecule has 1 aromatic heterocycles. The Balaban J connectivity index is 2.30. The molecule has 0 amide bonds. The Morgan fingerprint density at radius 1 is 1.44 bits per heavy atom. The van der Waals surface area contributed by atoms with E-state index >= 15 is 0 Å². The molecule has 0 fully saturated rings. The van der Waals surface area contributed by atoms with Gasteiger partial charge in [-0.2, -0.15) is 5.10 Å². The van der Waals surface area contributed by atoms with Gasteiger partial charge < -0.3 is 0 Å². The molecule has 94 valence electrons. The lowest BCUT2D eigenvalue weighted by molar-refractivity contribution is 0.807. The standard InChI is InChI=1S/C13H14ClN3S/c1-3-8-17(15-2)13-16-12(9-18-13)10-6-4-5-7-11(10)14/h4-7,9H,2-3,8H2,1H3. The molecule has 18 heavy (non-hydrogen) atoms. The van der Waals surface area contributed by atoms with E-state index < -0.39 is 0 Å². The third-order valence-corrected chi connectivity index (χ3v) is 3.65. The highest BCUT2D eigenvalue weighted by Gasteiger charge is 2.11. The Labute approximate surface area is 116 Å². The zero-order chi connectivity index (χ0) is 13.0. The quantitative estimate of drug-likeness (QED) is 0.603. The molecule has 5 heteroatoms. The topological polar surface area (TPSA) is 28.5 Å². The summed E-state index contributed by atoms with van der Waals surface area (Å²) in [5.41, 5.74) is 1.83. The molecule has 0 spiro atoms. The van der Waals surface area contributed by atoms with Crippen LogP contribution in [0.15, 0.2) is 34.7 Å². The van der Waals surface area contributed by atoms with Gasteiger partial charge in [0.1, 0.15) is 0 Å². The zero-order valence-corrected chi connectivity index (χ0v) is 11.7. The van der Waals surface area contributed by atoms with Crippen molar-refractivity contribution in [3.05, 3.63) is 34.7 Å². The van der Waals surface area contributed by atoms with Crippen molar-refractivity contribution < 1.29 is 0 Å². The van der Waals surface area contributed by atoms with E-state index in [2.05, 4.69) is 23.7 Å². The fourth-order valence-electron chi connectivity index (χ4n) is 1.61. The summed E-state index contributed by atoms with van der Waals surface area (Å²) in [7, 11) is 0. The lowest BCUT2D eigenvalue weighted by Gasteiger charge is -2.12. The van der Waals surface area contributed by atoms with E-state index in [1.807, 2.05) is 34.7 Å². The van der Waals surface area contributed by atoms with Gasteiger partial charge in [-0.05, 0) is 12.5 Å². The van der Waals surface area contributed by atoms with E-state index in [1.54, 1.807) is 11.3 Å². The normalized spacial score (nSPS) is 10.3. The molecule has 0 atom stereocenters. The van der Waals surface area contributed by atoms with Crippen LogP contribution >= 0.6 is 22.9 Å². The second-order valence-electron chi connectivity index (χ2n) is 3.76. The summed E-state index contributed by atoms with van der Waals surface area (Å²) >= 11 is 7.71. The Bertz CT molecular complexity index is 539. The lowest BCUT2D eigenvalue weighted by Crippen LogP contribution is -2.15. The fraction of sp³-hybridized carbons (Fsp3) is 0.231. The Kier molecular flexibility index (Phi) is 4.33. The summed E-state index contributed by atoms with van der Waals surface area (Å²) in [6.07, 6.45) is 1.00. The van der Waals surface area contributed by atoms with Gasteiger partial charge in [0, 0.05) is 29.2 Å². The van der Waals surface area contributed by atoms with Crippen LogP contribution in [0.2, 0.25) is 5.02 Å². The summed E-state index contributed by atoms with van der Waals surface area (Å²) < 4.78 is 0. The lowest BCUT2D eigenvalue weighted by atomic mass is 10.2. The van der Waals surface area contributed by atoms with Crippen LogP contribution < -0.4 is 5.01 Å². The Morgan fingerprint density at radius 2 is 2.22 bits per heavy atom. The molecular formula is C13H14ClN3S. The van der Waals surface area contributed by atoms with Crippen molar-refractivity contribution >= 4 is 34.8 Å². The first kappa shape index (κ1) is 13.1. The molecule has 1 heterocycles. The number of hydrogen-bond donors (Lipinski definition) is 0. The largest absolute Gasteiger partial charge is 0.240 e. The highest BCUT2D eigenvalue weighted by molar-refractivity contribution is 7.14. The number of halogens is 1. The minimum absolute atomic E-state index is 0.711. The van der Waals surface area contributed by atoms with Gasteiger partial charge in [0.25, 0.3) is 0 Å². The third-order valence-electron chi connectivity index (χ3n) is 2.47. The van der Waals surface area contributed by atoms with E-state index in [-0.39, 0.29) is 0 Å². The molecule has 1 aromatic carbocycles. The smallest absolute Gasteiger partial charge is 0.206 e. The van der Waals surface area contributed by atoms with Gasteiger partial charge in [0.05, 0.1) is 5.69 Å². The van der Waals surface area contributed by atoms with Crippen LogP contribution in [0.1, 0.15) is 13.3 Å². The van der Waals surface area contributed by atoms with Gasteiger partial charge in [-0.1, -0.05) is 36.7 Å². The highest BCUT2D eigenvalue weighted by Crippen LogP contribution is 2.31. The summed E-state index contributed by atoms with van der Waals surface area (Å²) in [6.45, 7) is 6.49. The molecule has 0 saturated heterocycles. The van der Waals surface area contributed by atoms with E-state index in [9.17, 15) is 0 Å². The van der Waals surface area contributed by atoms with Crippen molar-refractivity contribution in [3.8, 4) is 11.3 Å². The average Bonchev–Trinajstić information content (AvgIpc) is 2.85. The third kappa shape index (κ3) is 2.71. The fourth-order valence-corrected chi connectivity index (χ4v) is 2.67. The SMILES string of the molecule is C=NN(CCC)c1nc(-c2ccccc2Cl)cs1. The van der Waals surface area contributed by atoms with Crippen LogP contribution in [0, 0.1) is 0 Å². The molecule has 0 radical (unpaired) electrons. The average molecular weight is 280 g/mol. The first-order valence-corrected chi connectivity index (χ1v) is 6.96. The Hall–Kier alpha value is -1.39. The predicted octanol–water partition coefficient (Wildman–Crippen LogP) is 4.30. The van der Waals surface area contributed by atoms with Crippen LogP contribution in [-0.4, -0.2) is 18.2 Å². The molecule has 0 aliphatic heterocycles. The maximum absolute atomic E-state index is 6.16. The summed E-state index contributed by atoms with van der Waals surface area (Å²) in [4.78, 5) is 4.56. The van der Waals surface area contributed by atoms with E-state index in [4.69, 9.17) is 11.6 Å². The van der Waals surface area contributed by atoms with E-state index in [0.717, 1.165) is 29.4 Å². The van der Waals surface area contributed by atoms with Gasteiger partial charge in [0.2, 0.25) is 5.13 Å². The van der Waals surface area contributed by atoms with Gasteiger partial charge in [-0.3, -0.25) is 0 Å². The van der Waals surface area contributed by atoms with Crippen LogP contribution in [0.3, 0.4) is 0 Å². The minimum Gasteiger partial charge on any atom is -0.240 e. The zero-order valence-electron chi connectivity index (χ0n) is 10.1. The van der Waals surface area contributed by atoms with E-state index in [0.29, 0.717) is 5.02 Å². The number of thiazole rings is 1. The molecule has 3 nitrogen and oxygen atoms in total. The first-order valence-electron chi connectivity index (χ1n) is 5.71. The molecule has 0 aliphatic rings. The number of benzene rings is 1. The molecule has 0 N–H and O–H groups in total. The monoisotopic (exact) mass is 279 g/mol. The molecule has 0 unspecified atom stereocenters. The van der Waals surface area contributed by atoms with Crippen molar-refractivity contribution in [2.24, 2.45) is 5.10 Å². The van der Waals surface area contributed by atoms with Crippen LogP contribution in [0.25, 0.3) is 11.3 Å². The predicted molar refractivity (Wildman–Crippen MR) is 79.7 cm³/mol. The first-order chi connectivity index (χ1) is 8.76. The number of hydrogen-bond acceptors (Lipinski definition) is 4. The van der Waals surface area contributed by atoms with Crippen molar-refractivity contribution in [1.29, 1.82) is 0 Å². The molecule has 0 saturated carbocycles. The summed E-state index contributed by atoms with van der Waals surface area (Å²) in [6, 6.07) is 7.70. The van der Waals surface area contributed by atoms with E-state index in [1.165, 1.54) is 0 Å². The van der Waals surface area contributed by atoms with Crippen LogP contribution in [-0.2, 0) is 0 Å². The second-order valence-corrected chi connectivity index (χ2v) is 5.00. The van der Waals surface area contributed by atoms with Crippen LogP contribution in [0.5, 0.6) is 0 Å². The molecule has 0 aliphatic carbocycles. The van der Waals surface area contributed by atoms with Crippen molar-refractivity contribution in [2.45, 2.75) is 13.3 Å². The van der Waals surface area contributed by atoms with Gasteiger partial charge in [-0.25, -0.2) is 9.99 Å². The number of nitrogens with zero attached hydrogens (tertiary/aromatic N) is 3. The van der Waals surface area contributed by atoms with Gasteiger partial charge >= 0.3 is 0 Å². The maximum atomic E-state index is 6.16. The summed E-state index contributed by atoms with van der Waals surface area (Å²) in [5.74, 6) is 0. The Morgan fingerprint density at radius 3 is 2.89 bits per heavy atom. The number of hydrazone groups is 1. The maximum Gasteiger partial charge on any atom is 0.206 e. The number of anilines is 1. The van der Waals surface area contributed by atoms with Crippen LogP contribution in [0.4, 0.5) is 5.13 Å². The molecule has 2 rings (SSSR count).